The molecule has 0 spiro atoms. The van der Waals surface area contributed by atoms with E-state index in [2.05, 4.69) is 0 Å². The van der Waals surface area contributed by atoms with E-state index in [4.69, 9.17) is 5.02 Å². The van der Waals surface area contributed by atoms with Crippen LogP contribution in [0.25, 0.3) is 6.08 Å². The molecule has 0 fully saturated rings. The second kappa shape index (κ2) is 4.62. The van der Waals surface area contributed by atoms with E-state index in [1.54, 1.807) is 18.2 Å². The predicted molar refractivity (Wildman–Crippen MR) is 53.8 cm³/mol. The van der Waals surface area contributed by atoms with Gasteiger partial charge in [-0.3, -0.25) is 4.79 Å². The summed E-state index contributed by atoms with van der Waals surface area (Å²) in [5.74, 6) is 0.0124. The van der Waals surface area contributed by atoms with Crippen LogP contribution in [0.15, 0.2) is 30.3 Å². The summed E-state index contributed by atoms with van der Waals surface area (Å²) in [5, 5.41) is 8.72. The topological polar surface area (TPSA) is 37.3 Å². The van der Waals surface area contributed by atoms with Gasteiger partial charge in [0, 0.05) is 0 Å². The van der Waals surface area contributed by atoms with Crippen molar-refractivity contribution in [3.05, 3.63) is 35.9 Å². The Morgan fingerprint density at radius 2 is 2.31 bits per heavy atom. The molecule has 0 amide bonds. The molecular formula is C10H10BO2. The van der Waals surface area contributed by atoms with E-state index in [9.17, 15) is 4.79 Å². The SMILES string of the molecule is CC(=O)C=Cc1cccc([B]O)c1. The average Bonchev–Trinajstić information content (AvgIpc) is 2.15. The number of rotatable bonds is 3. The molecule has 0 aliphatic rings. The fourth-order valence-corrected chi connectivity index (χ4v) is 0.957. The van der Waals surface area contributed by atoms with Gasteiger partial charge in [-0.2, -0.15) is 0 Å². The van der Waals surface area contributed by atoms with Crippen LogP contribution in [-0.2, 0) is 4.79 Å². The van der Waals surface area contributed by atoms with E-state index in [1.807, 2.05) is 12.1 Å². The highest BCUT2D eigenvalue weighted by Crippen LogP contribution is 1.99. The Kier molecular flexibility index (Phi) is 3.47. The molecule has 0 aliphatic carbocycles. The summed E-state index contributed by atoms with van der Waals surface area (Å²) in [6.45, 7) is 1.50. The lowest BCUT2D eigenvalue weighted by Crippen LogP contribution is -2.12. The number of ketones is 1. The van der Waals surface area contributed by atoms with E-state index in [0.29, 0.717) is 0 Å². The van der Waals surface area contributed by atoms with Crippen LogP contribution in [0.4, 0.5) is 0 Å². The molecule has 0 aliphatic heterocycles. The second-order valence-electron chi connectivity index (χ2n) is 2.74. The molecule has 0 saturated heterocycles. The third-order valence-electron chi connectivity index (χ3n) is 1.57. The van der Waals surface area contributed by atoms with Gasteiger partial charge in [0.25, 0.3) is 0 Å². The van der Waals surface area contributed by atoms with Crippen LogP contribution >= 0.6 is 0 Å². The highest BCUT2D eigenvalue weighted by molar-refractivity contribution is 6.45. The first kappa shape index (κ1) is 9.74. The third-order valence-corrected chi connectivity index (χ3v) is 1.57. The molecule has 2 nitrogen and oxygen atoms in total. The zero-order chi connectivity index (χ0) is 9.68. The fraction of sp³-hybridized carbons (Fsp3) is 0.100. The first-order chi connectivity index (χ1) is 6.22. The summed E-state index contributed by atoms with van der Waals surface area (Å²) in [7, 11) is 1.03. The Labute approximate surface area is 78.2 Å². The lowest BCUT2D eigenvalue weighted by Gasteiger charge is -1.95. The summed E-state index contributed by atoms with van der Waals surface area (Å²) in [5.41, 5.74) is 1.63. The van der Waals surface area contributed by atoms with Crippen molar-refractivity contribution in [3.63, 3.8) is 0 Å². The van der Waals surface area contributed by atoms with E-state index in [0.717, 1.165) is 18.5 Å². The monoisotopic (exact) mass is 173 g/mol. The number of allylic oxidation sites excluding steroid dienone is 1. The number of benzene rings is 1. The Bertz CT molecular complexity index is 331. The van der Waals surface area contributed by atoms with Crippen LogP contribution in [-0.4, -0.2) is 18.3 Å². The van der Waals surface area contributed by atoms with Gasteiger partial charge in [0.1, 0.15) is 0 Å². The van der Waals surface area contributed by atoms with Gasteiger partial charge in [0.15, 0.2) is 5.78 Å². The van der Waals surface area contributed by atoms with Crippen LogP contribution in [0.2, 0.25) is 0 Å². The van der Waals surface area contributed by atoms with Crippen molar-refractivity contribution >= 4 is 24.8 Å². The van der Waals surface area contributed by atoms with Crippen molar-refractivity contribution in [2.45, 2.75) is 6.92 Å². The third kappa shape index (κ3) is 3.26. The molecule has 0 saturated carbocycles. The zero-order valence-electron chi connectivity index (χ0n) is 7.40. The van der Waals surface area contributed by atoms with Crippen LogP contribution in [0.5, 0.6) is 0 Å². The molecule has 0 atom stereocenters. The molecular weight excluding hydrogens is 163 g/mol. The van der Waals surface area contributed by atoms with Crippen molar-refractivity contribution in [1.29, 1.82) is 0 Å². The largest absolute Gasteiger partial charge is 0.450 e. The van der Waals surface area contributed by atoms with E-state index < -0.39 is 0 Å². The molecule has 0 bridgehead atoms. The maximum Gasteiger partial charge on any atom is 0.326 e. The predicted octanol–water partition coefficient (Wildman–Crippen LogP) is 0.526. The number of hydrogen-bond acceptors (Lipinski definition) is 2. The van der Waals surface area contributed by atoms with Gasteiger partial charge in [-0.1, -0.05) is 35.8 Å². The molecule has 1 rings (SSSR count). The van der Waals surface area contributed by atoms with E-state index in [-0.39, 0.29) is 5.78 Å². The van der Waals surface area contributed by atoms with Gasteiger partial charge in [0.05, 0.1) is 0 Å². The maximum absolute atomic E-state index is 10.6. The first-order valence-electron chi connectivity index (χ1n) is 3.98. The lowest BCUT2D eigenvalue weighted by molar-refractivity contribution is -0.112. The van der Waals surface area contributed by atoms with Crippen LogP contribution in [0, 0.1) is 0 Å². The highest BCUT2D eigenvalue weighted by Gasteiger charge is 1.93. The molecule has 0 heterocycles. The minimum Gasteiger partial charge on any atom is -0.450 e. The summed E-state index contributed by atoms with van der Waals surface area (Å²) < 4.78 is 0. The first-order valence-corrected chi connectivity index (χ1v) is 3.98. The Hall–Kier alpha value is -1.35. The van der Waals surface area contributed by atoms with Crippen molar-refractivity contribution in [2.75, 3.05) is 0 Å². The summed E-state index contributed by atoms with van der Waals surface area (Å²) in [4.78, 5) is 10.6. The standard InChI is InChI=1S/C10H10BO2/c1-8(12)5-6-9-3-2-4-10(7-9)11-13/h2-7,13H,1H3. The Balaban J connectivity index is 2.83. The van der Waals surface area contributed by atoms with Gasteiger partial charge in [0.2, 0.25) is 0 Å². The molecule has 1 radical (unpaired) electrons. The van der Waals surface area contributed by atoms with Gasteiger partial charge in [-0.25, -0.2) is 0 Å². The zero-order valence-corrected chi connectivity index (χ0v) is 7.40. The highest BCUT2D eigenvalue weighted by atomic mass is 16.2. The summed E-state index contributed by atoms with van der Waals surface area (Å²) in [6.07, 6.45) is 3.21. The molecule has 13 heavy (non-hydrogen) atoms. The summed E-state index contributed by atoms with van der Waals surface area (Å²) >= 11 is 0. The molecule has 1 aromatic rings. The lowest BCUT2D eigenvalue weighted by atomic mass is 9.87. The van der Waals surface area contributed by atoms with E-state index >= 15 is 0 Å². The average molecular weight is 173 g/mol. The van der Waals surface area contributed by atoms with Gasteiger partial charge < -0.3 is 5.02 Å². The molecule has 0 unspecified atom stereocenters. The van der Waals surface area contributed by atoms with Gasteiger partial charge in [-0.15, -0.1) is 0 Å². The van der Waals surface area contributed by atoms with Crippen LogP contribution in [0.3, 0.4) is 0 Å². The second-order valence-corrected chi connectivity index (χ2v) is 2.74. The summed E-state index contributed by atoms with van der Waals surface area (Å²) in [6, 6.07) is 7.26. The smallest absolute Gasteiger partial charge is 0.326 e. The van der Waals surface area contributed by atoms with Crippen molar-refractivity contribution in [3.8, 4) is 0 Å². The van der Waals surface area contributed by atoms with E-state index in [1.165, 1.54) is 13.0 Å². The number of carbonyl (C=O) groups is 1. The number of hydrogen-bond donors (Lipinski definition) is 1. The molecule has 65 valence electrons. The fourth-order valence-electron chi connectivity index (χ4n) is 0.957. The van der Waals surface area contributed by atoms with Crippen molar-refractivity contribution in [1.82, 2.24) is 0 Å². The number of carbonyl (C=O) groups excluding carboxylic acids is 1. The van der Waals surface area contributed by atoms with Crippen molar-refractivity contribution in [2.24, 2.45) is 0 Å². The molecule has 1 N–H and O–H groups in total. The molecule has 0 aromatic heterocycles. The minimum atomic E-state index is 0.0124. The molecule has 1 aromatic carbocycles. The van der Waals surface area contributed by atoms with Crippen LogP contribution in [0.1, 0.15) is 12.5 Å². The quantitative estimate of drug-likeness (QED) is 0.534. The maximum atomic E-state index is 10.6. The van der Waals surface area contributed by atoms with Gasteiger partial charge in [-0.05, 0) is 18.6 Å². The normalized spacial score (nSPS) is 10.3. The van der Waals surface area contributed by atoms with Crippen LogP contribution < -0.4 is 5.46 Å². The van der Waals surface area contributed by atoms with Gasteiger partial charge >= 0.3 is 7.48 Å². The minimum absolute atomic E-state index is 0.0124. The molecule has 3 heteroatoms. The Morgan fingerprint density at radius 3 is 2.92 bits per heavy atom. The Morgan fingerprint density at radius 1 is 1.54 bits per heavy atom. The van der Waals surface area contributed by atoms with Crippen molar-refractivity contribution < 1.29 is 9.82 Å².